The molecule has 1 heterocycles. The predicted octanol–water partition coefficient (Wildman–Crippen LogP) is 6.49. The van der Waals surface area contributed by atoms with Crippen molar-refractivity contribution in [3.63, 3.8) is 0 Å². The van der Waals surface area contributed by atoms with E-state index in [1.165, 1.54) is 0 Å². The molecule has 0 saturated heterocycles. The van der Waals surface area contributed by atoms with Crippen molar-refractivity contribution in [3.05, 3.63) is 43.8 Å². The zero-order chi connectivity index (χ0) is 25.0. The summed E-state index contributed by atoms with van der Waals surface area (Å²) in [5.74, 6) is 0.339. The van der Waals surface area contributed by atoms with Gasteiger partial charge in [-0.2, -0.15) is 0 Å². The van der Waals surface area contributed by atoms with Gasteiger partial charge in [0.15, 0.2) is 23.1 Å². The number of halogens is 1. The van der Waals surface area contributed by atoms with E-state index in [1.807, 2.05) is 19.1 Å². The van der Waals surface area contributed by atoms with Crippen molar-refractivity contribution in [2.75, 3.05) is 13.2 Å². The average Bonchev–Trinajstić information content (AvgIpc) is 2.70. The molecule has 1 N–H and O–H groups in total. The Labute approximate surface area is 216 Å². The van der Waals surface area contributed by atoms with Gasteiger partial charge in [0.1, 0.15) is 0 Å². The number of hydrogen-bond donors (Lipinski definition) is 1. The maximum absolute atomic E-state index is 13.7. The standard InChI is InChI=1S/C28H36INO4/c1-7-9-30-18-12-27(3,4)14-20(31)24(18)23(25-19(30)13-28(5,6)15-21(25)32)16-10-17(29)26(33)22(11-16)34-8-2/h10-11,23,33H,7-9,12-15H2,1-6H3. The van der Waals surface area contributed by atoms with E-state index < -0.39 is 5.92 Å². The Morgan fingerprint density at radius 1 is 0.971 bits per heavy atom. The van der Waals surface area contributed by atoms with E-state index in [-0.39, 0.29) is 28.1 Å². The van der Waals surface area contributed by atoms with Crippen LogP contribution in [0.4, 0.5) is 0 Å². The predicted molar refractivity (Wildman–Crippen MR) is 142 cm³/mol. The summed E-state index contributed by atoms with van der Waals surface area (Å²) in [6, 6.07) is 3.74. The number of carbonyl (C=O) groups is 2. The topological polar surface area (TPSA) is 66.8 Å². The van der Waals surface area contributed by atoms with Gasteiger partial charge in [0, 0.05) is 47.8 Å². The van der Waals surface area contributed by atoms with Gasteiger partial charge in [-0.1, -0.05) is 34.6 Å². The number of allylic oxidation sites excluding steroid dienone is 4. The van der Waals surface area contributed by atoms with Crippen molar-refractivity contribution in [1.82, 2.24) is 4.90 Å². The van der Waals surface area contributed by atoms with Gasteiger partial charge in [-0.3, -0.25) is 9.59 Å². The lowest BCUT2D eigenvalue weighted by molar-refractivity contribution is -0.119. The number of phenolic OH excluding ortho intramolecular Hbond substituents is 1. The smallest absolute Gasteiger partial charge is 0.171 e. The maximum Gasteiger partial charge on any atom is 0.171 e. The minimum atomic E-state index is -0.418. The lowest BCUT2D eigenvalue weighted by Gasteiger charge is -2.49. The van der Waals surface area contributed by atoms with Gasteiger partial charge in [0.2, 0.25) is 0 Å². The molecule has 1 aromatic carbocycles. The minimum Gasteiger partial charge on any atom is -0.504 e. The van der Waals surface area contributed by atoms with Crippen molar-refractivity contribution < 1.29 is 19.4 Å². The van der Waals surface area contributed by atoms with Crippen LogP contribution in [-0.4, -0.2) is 34.7 Å². The van der Waals surface area contributed by atoms with Gasteiger partial charge in [-0.05, 0) is 77.3 Å². The SMILES string of the molecule is CCCN1C2=C(C(=O)CC(C)(C)C2)C(c2cc(I)c(O)c(OCC)c2)C2=C1CC(C)(C)CC2=O. The lowest BCUT2D eigenvalue weighted by Crippen LogP contribution is -2.44. The molecule has 0 unspecified atom stereocenters. The van der Waals surface area contributed by atoms with Crippen LogP contribution in [0.1, 0.15) is 85.1 Å². The lowest BCUT2D eigenvalue weighted by atomic mass is 9.63. The quantitative estimate of drug-likeness (QED) is 0.406. The number of carbonyl (C=O) groups excluding carboxylic acids is 2. The Kier molecular flexibility index (Phi) is 6.68. The highest BCUT2D eigenvalue weighted by molar-refractivity contribution is 14.1. The fourth-order valence-corrected chi connectivity index (χ4v) is 6.53. The summed E-state index contributed by atoms with van der Waals surface area (Å²) in [5.41, 5.74) is 4.30. The number of benzene rings is 1. The zero-order valence-corrected chi connectivity index (χ0v) is 23.3. The van der Waals surface area contributed by atoms with Crippen LogP contribution in [0.15, 0.2) is 34.7 Å². The molecule has 0 atom stereocenters. The van der Waals surface area contributed by atoms with E-state index in [0.717, 1.165) is 53.9 Å². The van der Waals surface area contributed by atoms with Gasteiger partial charge < -0.3 is 14.7 Å². The molecular formula is C28H36INO4. The van der Waals surface area contributed by atoms with E-state index in [2.05, 4.69) is 62.1 Å². The molecule has 1 aromatic rings. The van der Waals surface area contributed by atoms with Crippen LogP contribution in [0.2, 0.25) is 0 Å². The average molecular weight is 578 g/mol. The van der Waals surface area contributed by atoms with Crippen LogP contribution in [0, 0.1) is 14.4 Å². The Bertz CT molecular complexity index is 1060. The molecule has 2 aliphatic carbocycles. The summed E-state index contributed by atoms with van der Waals surface area (Å²) in [6.07, 6.45) is 3.50. The number of ketones is 2. The highest BCUT2D eigenvalue weighted by Crippen LogP contribution is 2.55. The third kappa shape index (κ3) is 4.42. The molecular weight excluding hydrogens is 541 g/mol. The fourth-order valence-electron chi connectivity index (χ4n) is 5.90. The normalized spacial score (nSPS) is 22.1. The van der Waals surface area contributed by atoms with E-state index in [0.29, 0.717) is 28.8 Å². The van der Waals surface area contributed by atoms with E-state index >= 15 is 0 Å². The van der Waals surface area contributed by atoms with Gasteiger partial charge in [-0.15, -0.1) is 0 Å². The number of rotatable bonds is 5. The molecule has 0 bridgehead atoms. The van der Waals surface area contributed by atoms with Crippen LogP contribution in [0.25, 0.3) is 0 Å². The van der Waals surface area contributed by atoms with Crippen LogP contribution in [0.5, 0.6) is 11.5 Å². The number of nitrogens with zero attached hydrogens (tertiary/aromatic N) is 1. The molecule has 4 rings (SSSR count). The molecule has 1 aliphatic heterocycles. The molecule has 0 amide bonds. The molecule has 3 aliphatic rings. The van der Waals surface area contributed by atoms with Crippen molar-refractivity contribution in [2.45, 2.75) is 79.6 Å². The van der Waals surface area contributed by atoms with Gasteiger partial charge in [-0.25, -0.2) is 0 Å². The van der Waals surface area contributed by atoms with Crippen LogP contribution < -0.4 is 4.74 Å². The van der Waals surface area contributed by atoms with Crippen molar-refractivity contribution >= 4 is 34.2 Å². The highest BCUT2D eigenvalue weighted by atomic mass is 127. The first-order valence-electron chi connectivity index (χ1n) is 12.3. The Morgan fingerprint density at radius 3 is 1.97 bits per heavy atom. The summed E-state index contributed by atoms with van der Waals surface area (Å²) < 4.78 is 6.39. The minimum absolute atomic E-state index is 0.102. The first-order chi connectivity index (χ1) is 15.9. The maximum atomic E-state index is 13.7. The number of ether oxygens (including phenoxy) is 1. The van der Waals surface area contributed by atoms with Crippen LogP contribution in [0.3, 0.4) is 0 Å². The Morgan fingerprint density at radius 2 is 1.50 bits per heavy atom. The number of hydrogen-bond acceptors (Lipinski definition) is 5. The Balaban J connectivity index is 2.02. The summed E-state index contributed by atoms with van der Waals surface area (Å²) in [6.45, 7) is 13.9. The van der Waals surface area contributed by atoms with Gasteiger partial charge in [0.25, 0.3) is 0 Å². The summed E-state index contributed by atoms with van der Waals surface area (Å²) in [7, 11) is 0. The molecule has 0 fully saturated rings. The largest absolute Gasteiger partial charge is 0.504 e. The molecule has 0 saturated carbocycles. The van der Waals surface area contributed by atoms with E-state index in [4.69, 9.17) is 4.74 Å². The second-order valence-electron chi connectivity index (χ2n) is 11.5. The van der Waals surface area contributed by atoms with Crippen LogP contribution in [-0.2, 0) is 9.59 Å². The van der Waals surface area contributed by atoms with Crippen molar-refractivity contribution in [3.8, 4) is 11.5 Å². The molecule has 0 radical (unpaired) electrons. The van der Waals surface area contributed by atoms with Gasteiger partial charge >= 0.3 is 0 Å². The highest BCUT2D eigenvalue weighted by Gasteiger charge is 2.49. The summed E-state index contributed by atoms with van der Waals surface area (Å²) in [5, 5.41) is 10.6. The molecule has 0 spiro atoms. The molecule has 184 valence electrons. The first kappa shape index (κ1) is 25.3. The Hall–Kier alpha value is -1.83. The second-order valence-corrected chi connectivity index (χ2v) is 12.6. The number of Topliss-reactive ketones (excluding diaryl/α,β-unsaturated/α-hetero) is 2. The third-order valence-corrected chi connectivity index (χ3v) is 7.98. The zero-order valence-electron chi connectivity index (χ0n) is 21.2. The van der Waals surface area contributed by atoms with E-state index in [9.17, 15) is 14.7 Å². The fraction of sp³-hybridized carbons (Fsp3) is 0.571. The number of aromatic hydroxyl groups is 1. The molecule has 5 nitrogen and oxygen atoms in total. The van der Waals surface area contributed by atoms with E-state index in [1.54, 1.807) is 0 Å². The second kappa shape index (κ2) is 8.99. The summed E-state index contributed by atoms with van der Waals surface area (Å²) >= 11 is 2.10. The summed E-state index contributed by atoms with van der Waals surface area (Å²) in [4.78, 5) is 29.8. The molecule has 34 heavy (non-hydrogen) atoms. The first-order valence-corrected chi connectivity index (χ1v) is 13.4. The van der Waals surface area contributed by atoms with Crippen molar-refractivity contribution in [1.29, 1.82) is 0 Å². The number of phenols is 1. The van der Waals surface area contributed by atoms with Gasteiger partial charge in [0.05, 0.1) is 10.2 Å². The van der Waals surface area contributed by atoms with Crippen LogP contribution >= 0.6 is 22.6 Å². The molecule has 6 heteroatoms. The molecule has 0 aromatic heterocycles. The monoisotopic (exact) mass is 577 g/mol. The van der Waals surface area contributed by atoms with Crippen molar-refractivity contribution in [2.24, 2.45) is 10.8 Å². The third-order valence-electron chi connectivity index (χ3n) is 7.15.